The number of oxazole rings is 1. The largest absolute Gasteiger partial charge is 0.425 e. The quantitative estimate of drug-likeness (QED) is 0.478. The fraction of sp³-hybridized carbons (Fsp3) is 0.227. The van der Waals surface area contributed by atoms with E-state index >= 15 is 0 Å². The van der Waals surface area contributed by atoms with Crippen LogP contribution in [-0.2, 0) is 0 Å². The molecule has 0 aliphatic heterocycles. The molecule has 164 valence electrons. The highest BCUT2D eigenvalue weighted by molar-refractivity contribution is 5.62. The molecule has 0 bridgehead atoms. The van der Waals surface area contributed by atoms with Crippen molar-refractivity contribution in [1.82, 2.24) is 24.5 Å². The van der Waals surface area contributed by atoms with Crippen LogP contribution in [0.4, 0.5) is 14.7 Å². The van der Waals surface area contributed by atoms with Crippen molar-refractivity contribution in [2.24, 2.45) is 0 Å². The molecular formula is C22H20F2N6O2. The van der Waals surface area contributed by atoms with E-state index in [1.807, 2.05) is 6.92 Å². The van der Waals surface area contributed by atoms with Gasteiger partial charge in [0.05, 0.1) is 6.04 Å². The van der Waals surface area contributed by atoms with Gasteiger partial charge < -0.3 is 9.73 Å². The van der Waals surface area contributed by atoms with Gasteiger partial charge in [0, 0.05) is 30.2 Å². The summed E-state index contributed by atoms with van der Waals surface area (Å²) in [5.41, 5.74) is 2.17. The first-order chi connectivity index (χ1) is 15.3. The van der Waals surface area contributed by atoms with Gasteiger partial charge in [0.15, 0.2) is 0 Å². The first-order valence-electron chi connectivity index (χ1n) is 9.86. The summed E-state index contributed by atoms with van der Waals surface area (Å²) >= 11 is 0. The van der Waals surface area contributed by atoms with Crippen LogP contribution in [0.2, 0.25) is 0 Å². The van der Waals surface area contributed by atoms with E-state index in [0.717, 1.165) is 22.0 Å². The van der Waals surface area contributed by atoms with Gasteiger partial charge in [0.25, 0.3) is 0 Å². The van der Waals surface area contributed by atoms with Crippen molar-refractivity contribution >= 4 is 5.95 Å². The number of benzene rings is 1. The minimum atomic E-state index is -1.41. The van der Waals surface area contributed by atoms with Gasteiger partial charge in [0.2, 0.25) is 5.95 Å². The van der Waals surface area contributed by atoms with Crippen molar-refractivity contribution < 1.29 is 13.2 Å². The Bertz CT molecular complexity index is 1300. The van der Waals surface area contributed by atoms with Crippen molar-refractivity contribution in [2.75, 3.05) is 5.32 Å². The Morgan fingerprint density at radius 2 is 1.84 bits per heavy atom. The highest BCUT2D eigenvalue weighted by Crippen LogP contribution is 2.22. The summed E-state index contributed by atoms with van der Waals surface area (Å²) in [4.78, 5) is 29.2. The van der Waals surface area contributed by atoms with Crippen molar-refractivity contribution in [3.8, 4) is 16.9 Å². The molecule has 0 amide bonds. The number of hydrogen-bond acceptors (Lipinski definition) is 7. The van der Waals surface area contributed by atoms with E-state index in [2.05, 4.69) is 25.3 Å². The maximum Gasteiger partial charge on any atom is 0.425 e. The molecule has 1 N–H and O–H groups in total. The van der Waals surface area contributed by atoms with E-state index in [1.54, 1.807) is 31.5 Å². The van der Waals surface area contributed by atoms with Crippen LogP contribution in [-0.4, -0.2) is 24.5 Å². The number of anilines is 1. The number of halogens is 2. The zero-order chi connectivity index (χ0) is 22.8. The highest BCUT2D eigenvalue weighted by atomic mass is 19.1. The molecule has 2 atom stereocenters. The first-order valence-corrected chi connectivity index (χ1v) is 9.86. The Morgan fingerprint density at radius 1 is 1.09 bits per heavy atom. The second kappa shape index (κ2) is 8.66. The summed E-state index contributed by atoms with van der Waals surface area (Å²) in [5.74, 6) is -0.132. The smallest absolute Gasteiger partial charge is 0.416 e. The van der Waals surface area contributed by atoms with Gasteiger partial charge in [-0.15, -0.1) is 0 Å². The fourth-order valence-electron chi connectivity index (χ4n) is 3.16. The Kier molecular flexibility index (Phi) is 5.76. The second-order valence-electron chi connectivity index (χ2n) is 7.28. The van der Waals surface area contributed by atoms with E-state index in [0.29, 0.717) is 11.4 Å². The van der Waals surface area contributed by atoms with Crippen LogP contribution in [0.5, 0.6) is 0 Å². The number of nitrogens with zero attached hydrogens (tertiary/aromatic N) is 5. The molecule has 0 saturated heterocycles. The molecule has 32 heavy (non-hydrogen) atoms. The van der Waals surface area contributed by atoms with E-state index in [-0.39, 0.29) is 29.3 Å². The maximum absolute atomic E-state index is 13.8. The summed E-state index contributed by atoms with van der Waals surface area (Å²) in [6.07, 6.45) is 4.42. The predicted octanol–water partition coefficient (Wildman–Crippen LogP) is 4.33. The van der Waals surface area contributed by atoms with Gasteiger partial charge in [-0.25, -0.2) is 33.1 Å². The third kappa shape index (κ3) is 4.25. The number of hydrogen-bond donors (Lipinski definition) is 1. The van der Waals surface area contributed by atoms with Gasteiger partial charge in [-0.05, 0) is 44.0 Å². The van der Waals surface area contributed by atoms with Crippen LogP contribution in [0.3, 0.4) is 0 Å². The molecule has 4 aromatic rings. The highest BCUT2D eigenvalue weighted by Gasteiger charge is 2.18. The predicted molar refractivity (Wildman–Crippen MR) is 114 cm³/mol. The lowest BCUT2D eigenvalue weighted by Gasteiger charge is -2.14. The van der Waals surface area contributed by atoms with Crippen molar-refractivity contribution in [1.29, 1.82) is 0 Å². The topological polar surface area (TPSA) is 98.7 Å². The van der Waals surface area contributed by atoms with Crippen LogP contribution >= 0.6 is 0 Å². The zero-order valence-corrected chi connectivity index (χ0v) is 17.6. The molecule has 1 aromatic carbocycles. The average molecular weight is 438 g/mol. The SMILES string of the molecule is Cc1cc(-c2cnc([C@H](C)Nc3nccc(-n4c([C@H](C)F)coc4=O)n3)nc2)ccc1F. The third-order valence-corrected chi connectivity index (χ3v) is 4.89. The lowest BCUT2D eigenvalue weighted by atomic mass is 10.1. The Balaban J connectivity index is 1.54. The summed E-state index contributed by atoms with van der Waals surface area (Å²) in [5, 5.41) is 3.07. The average Bonchev–Trinajstić information content (AvgIpc) is 3.18. The van der Waals surface area contributed by atoms with Crippen LogP contribution in [0.25, 0.3) is 16.9 Å². The summed E-state index contributed by atoms with van der Waals surface area (Å²) < 4.78 is 33.2. The van der Waals surface area contributed by atoms with E-state index < -0.39 is 11.9 Å². The molecule has 10 heteroatoms. The third-order valence-electron chi connectivity index (χ3n) is 4.89. The number of aromatic nitrogens is 5. The van der Waals surface area contributed by atoms with E-state index in [1.165, 1.54) is 25.3 Å². The number of aryl methyl sites for hydroxylation is 1. The minimum absolute atomic E-state index is 0.0580. The van der Waals surface area contributed by atoms with Gasteiger partial charge in [-0.2, -0.15) is 4.98 Å². The maximum atomic E-state index is 13.8. The fourth-order valence-corrected chi connectivity index (χ4v) is 3.16. The number of nitrogens with one attached hydrogen (secondary N) is 1. The molecule has 0 aliphatic carbocycles. The Labute approximate surface area is 182 Å². The molecule has 0 saturated carbocycles. The molecule has 3 aromatic heterocycles. The molecule has 3 heterocycles. The number of rotatable bonds is 6. The van der Waals surface area contributed by atoms with Crippen LogP contribution < -0.4 is 11.1 Å². The van der Waals surface area contributed by atoms with Crippen LogP contribution in [0, 0.1) is 12.7 Å². The molecular weight excluding hydrogens is 418 g/mol. The Hall–Kier alpha value is -3.95. The lowest BCUT2D eigenvalue weighted by molar-refractivity contribution is 0.360. The van der Waals surface area contributed by atoms with Crippen molar-refractivity contribution in [2.45, 2.75) is 33.0 Å². The lowest BCUT2D eigenvalue weighted by Crippen LogP contribution is -2.18. The van der Waals surface area contributed by atoms with Gasteiger partial charge in [0.1, 0.15) is 35.6 Å². The van der Waals surface area contributed by atoms with E-state index in [4.69, 9.17) is 4.42 Å². The van der Waals surface area contributed by atoms with Gasteiger partial charge >= 0.3 is 5.76 Å². The normalized spacial score (nSPS) is 13.0. The molecule has 0 radical (unpaired) electrons. The summed E-state index contributed by atoms with van der Waals surface area (Å²) in [6.45, 7) is 4.83. The monoisotopic (exact) mass is 438 g/mol. The van der Waals surface area contributed by atoms with Crippen LogP contribution in [0.1, 0.15) is 43.1 Å². The summed E-state index contributed by atoms with van der Waals surface area (Å²) in [6, 6.07) is 5.93. The van der Waals surface area contributed by atoms with Gasteiger partial charge in [-0.1, -0.05) is 6.07 Å². The zero-order valence-electron chi connectivity index (χ0n) is 17.6. The number of alkyl halides is 1. The van der Waals surface area contributed by atoms with Crippen molar-refractivity contribution in [3.05, 3.63) is 82.6 Å². The molecule has 8 nitrogen and oxygen atoms in total. The molecule has 0 unspecified atom stereocenters. The first kappa shape index (κ1) is 21.3. The molecule has 0 aliphatic rings. The summed E-state index contributed by atoms with van der Waals surface area (Å²) in [7, 11) is 0. The van der Waals surface area contributed by atoms with Crippen molar-refractivity contribution in [3.63, 3.8) is 0 Å². The standard InChI is InChI=1S/C22H20F2N6O2/c1-12-8-15(4-5-17(12)24)16-9-26-20(27-10-16)14(3)28-21-25-7-6-19(29-21)30-18(13(2)23)11-32-22(30)31/h4-11,13-14H,1-3H3,(H,25,28,29)/t13-,14-/m0/s1. The van der Waals surface area contributed by atoms with Gasteiger partial charge in [-0.3, -0.25) is 0 Å². The van der Waals surface area contributed by atoms with Crippen LogP contribution in [0.15, 0.2) is 58.3 Å². The second-order valence-corrected chi connectivity index (χ2v) is 7.28. The molecule has 0 fully saturated rings. The molecule has 0 spiro atoms. The van der Waals surface area contributed by atoms with E-state index in [9.17, 15) is 13.6 Å². The minimum Gasteiger partial charge on any atom is -0.416 e. The Morgan fingerprint density at radius 3 is 2.53 bits per heavy atom. The molecule has 4 rings (SSSR count).